The van der Waals surface area contributed by atoms with E-state index in [9.17, 15) is 13.2 Å². The molecule has 3 rings (SSSR count). The van der Waals surface area contributed by atoms with Crippen LogP contribution in [0, 0.1) is 0 Å². The van der Waals surface area contributed by atoms with E-state index in [-0.39, 0.29) is 23.5 Å². The molecule has 1 amide bonds. The van der Waals surface area contributed by atoms with E-state index in [0.717, 1.165) is 31.2 Å². The van der Waals surface area contributed by atoms with Crippen molar-refractivity contribution in [1.29, 1.82) is 0 Å². The van der Waals surface area contributed by atoms with Gasteiger partial charge in [0.25, 0.3) is 5.91 Å². The largest absolute Gasteiger partial charge is 0.484 e. The maximum Gasteiger partial charge on any atom is 0.258 e. The van der Waals surface area contributed by atoms with Crippen molar-refractivity contribution in [2.75, 3.05) is 19.7 Å². The monoisotopic (exact) mass is 450 g/mol. The predicted octanol–water partition coefficient (Wildman–Crippen LogP) is 4.16. The highest BCUT2D eigenvalue weighted by Crippen LogP contribution is 2.22. The molecule has 1 atom stereocenters. The topological polar surface area (TPSA) is 75.7 Å². The Hall–Kier alpha value is -2.09. The average Bonchev–Trinajstić information content (AvgIpc) is 3.03. The highest BCUT2D eigenvalue weighted by molar-refractivity contribution is 7.89. The minimum absolute atomic E-state index is 0.157. The van der Waals surface area contributed by atoms with Gasteiger partial charge in [-0.3, -0.25) is 4.79 Å². The van der Waals surface area contributed by atoms with Crippen LogP contribution in [0.3, 0.4) is 0 Å². The number of rotatable bonds is 7. The van der Waals surface area contributed by atoms with Crippen molar-refractivity contribution in [2.24, 2.45) is 0 Å². The molecule has 1 fully saturated rings. The lowest BCUT2D eigenvalue weighted by Crippen LogP contribution is -2.32. The second kappa shape index (κ2) is 10.3. The molecule has 30 heavy (non-hydrogen) atoms. The van der Waals surface area contributed by atoms with Gasteiger partial charge in [-0.15, -0.1) is 0 Å². The summed E-state index contributed by atoms with van der Waals surface area (Å²) in [7, 11) is -3.49. The maximum absolute atomic E-state index is 12.8. The lowest BCUT2D eigenvalue weighted by molar-refractivity contribution is -0.123. The lowest BCUT2D eigenvalue weighted by Gasteiger charge is -2.20. The van der Waals surface area contributed by atoms with Crippen LogP contribution in [0.25, 0.3) is 0 Å². The molecule has 1 N–H and O–H groups in total. The first-order valence-corrected chi connectivity index (χ1v) is 12.0. The van der Waals surface area contributed by atoms with Gasteiger partial charge < -0.3 is 10.1 Å². The van der Waals surface area contributed by atoms with Crippen LogP contribution in [-0.2, 0) is 14.8 Å². The summed E-state index contributed by atoms with van der Waals surface area (Å²) in [4.78, 5) is 12.4. The normalized spacial score (nSPS) is 16.5. The molecule has 2 aromatic carbocycles. The molecule has 0 bridgehead atoms. The lowest BCUT2D eigenvalue weighted by atomic mass is 10.1. The Bertz CT molecular complexity index is 938. The van der Waals surface area contributed by atoms with Gasteiger partial charge >= 0.3 is 0 Å². The van der Waals surface area contributed by atoms with Crippen molar-refractivity contribution in [3.05, 3.63) is 59.1 Å². The van der Waals surface area contributed by atoms with E-state index in [1.165, 1.54) is 12.1 Å². The molecule has 0 aliphatic carbocycles. The average molecular weight is 451 g/mol. The standard InChI is InChI=1S/C22H27ClN2O4S/c1-17(18-6-8-19(23)9-7-18)24-22(26)16-29-20-10-12-21(13-11-20)30(27,28)25-14-4-2-3-5-15-25/h6-13,17H,2-5,14-16H2,1H3,(H,24,26)/t17-/m1/s1. The predicted molar refractivity (Wildman–Crippen MR) is 117 cm³/mol. The number of nitrogens with one attached hydrogen (secondary N) is 1. The Morgan fingerprint density at radius 2 is 1.63 bits per heavy atom. The zero-order valence-electron chi connectivity index (χ0n) is 17.0. The van der Waals surface area contributed by atoms with E-state index in [0.29, 0.717) is 23.9 Å². The number of amides is 1. The Balaban J connectivity index is 1.53. The van der Waals surface area contributed by atoms with Gasteiger partial charge in [0.2, 0.25) is 10.0 Å². The number of hydrogen-bond donors (Lipinski definition) is 1. The molecule has 6 nitrogen and oxygen atoms in total. The van der Waals surface area contributed by atoms with Gasteiger partial charge in [-0.05, 0) is 61.7 Å². The van der Waals surface area contributed by atoms with Gasteiger partial charge in [0.1, 0.15) is 5.75 Å². The number of ether oxygens (including phenoxy) is 1. The minimum Gasteiger partial charge on any atom is -0.484 e. The van der Waals surface area contributed by atoms with Crippen molar-refractivity contribution >= 4 is 27.5 Å². The van der Waals surface area contributed by atoms with Crippen LogP contribution in [0.15, 0.2) is 53.4 Å². The molecular weight excluding hydrogens is 424 g/mol. The zero-order chi connectivity index (χ0) is 21.6. The summed E-state index contributed by atoms with van der Waals surface area (Å²) < 4.78 is 32.7. The molecule has 0 radical (unpaired) electrons. The molecule has 162 valence electrons. The molecule has 2 aromatic rings. The van der Waals surface area contributed by atoms with E-state index in [4.69, 9.17) is 16.3 Å². The summed E-state index contributed by atoms with van der Waals surface area (Å²) in [6.07, 6.45) is 3.92. The van der Waals surface area contributed by atoms with Crippen LogP contribution < -0.4 is 10.1 Å². The van der Waals surface area contributed by atoms with E-state index in [1.54, 1.807) is 28.6 Å². The molecule has 1 aliphatic rings. The molecule has 8 heteroatoms. The van der Waals surface area contributed by atoms with Crippen molar-refractivity contribution in [2.45, 2.75) is 43.5 Å². The first-order chi connectivity index (χ1) is 14.4. The molecule has 1 heterocycles. The zero-order valence-corrected chi connectivity index (χ0v) is 18.6. The van der Waals surface area contributed by atoms with E-state index in [2.05, 4.69) is 5.32 Å². The Labute approximate surface area is 183 Å². The van der Waals surface area contributed by atoms with Crippen LogP contribution >= 0.6 is 11.6 Å². The first-order valence-electron chi connectivity index (χ1n) is 10.1. The van der Waals surface area contributed by atoms with E-state index in [1.807, 2.05) is 19.1 Å². The fraction of sp³-hybridized carbons (Fsp3) is 0.409. The third-order valence-corrected chi connectivity index (χ3v) is 7.31. The Morgan fingerprint density at radius 3 is 2.23 bits per heavy atom. The van der Waals surface area contributed by atoms with E-state index >= 15 is 0 Å². The Kier molecular flexibility index (Phi) is 7.75. The highest BCUT2D eigenvalue weighted by atomic mass is 35.5. The summed E-state index contributed by atoms with van der Waals surface area (Å²) in [5.41, 5.74) is 0.941. The summed E-state index contributed by atoms with van der Waals surface area (Å²) in [6, 6.07) is 13.3. The van der Waals surface area contributed by atoms with Crippen molar-refractivity contribution in [1.82, 2.24) is 9.62 Å². The fourth-order valence-corrected chi connectivity index (χ4v) is 5.05. The van der Waals surface area contributed by atoms with Crippen LogP contribution in [0.4, 0.5) is 0 Å². The number of hydrogen-bond acceptors (Lipinski definition) is 4. The summed E-state index contributed by atoms with van der Waals surface area (Å²) in [5, 5.41) is 3.50. The molecule has 0 spiro atoms. The van der Waals surface area contributed by atoms with Crippen molar-refractivity contribution < 1.29 is 17.9 Å². The van der Waals surface area contributed by atoms with Crippen LogP contribution in [0.1, 0.15) is 44.2 Å². The smallest absolute Gasteiger partial charge is 0.258 e. The third kappa shape index (κ3) is 5.97. The van der Waals surface area contributed by atoms with Gasteiger partial charge in [-0.25, -0.2) is 8.42 Å². The van der Waals surface area contributed by atoms with Crippen molar-refractivity contribution in [3.63, 3.8) is 0 Å². The maximum atomic E-state index is 12.8. The molecule has 1 aliphatic heterocycles. The fourth-order valence-electron chi connectivity index (χ4n) is 3.41. The molecule has 0 unspecified atom stereocenters. The number of sulfonamides is 1. The van der Waals surface area contributed by atoms with Gasteiger partial charge in [0.15, 0.2) is 6.61 Å². The third-order valence-electron chi connectivity index (χ3n) is 5.14. The van der Waals surface area contributed by atoms with Gasteiger partial charge in [-0.2, -0.15) is 4.31 Å². The quantitative estimate of drug-likeness (QED) is 0.687. The number of carbonyl (C=O) groups excluding carboxylic acids is 1. The van der Waals surface area contributed by atoms with Crippen LogP contribution in [0.2, 0.25) is 5.02 Å². The van der Waals surface area contributed by atoms with Crippen LogP contribution in [-0.4, -0.2) is 38.3 Å². The van der Waals surface area contributed by atoms with Crippen molar-refractivity contribution in [3.8, 4) is 5.75 Å². The minimum atomic E-state index is -3.49. The molecular formula is C22H27ClN2O4S. The van der Waals surface area contributed by atoms with E-state index < -0.39 is 10.0 Å². The second-order valence-corrected chi connectivity index (χ2v) is 9.79. The Morgan fingerprint density at radius 1 is 1.03 bits per heavy atom. The van der Waals surface area contributed by atoms with Gasteiger partial charge in [0, 0.05) is 18.1 Å². The second-order valence-electron chi connectivity index (χ2n) is 7.42. The van der Waals surface area contributed by atoms with Crippen LogP contribution in [0.5, 0.6) is 5.75 Å². The molecule has 0 saturated carbocycles. The first kappa shape index (κ1) is 22.6. The van der Waals surface area contributed by atoms with Gasteiger partial charge in [-0.1, -0.05) is 36.6 Å². The highest BCUT2D eigenvalue weighted by Gasteiger charge is 2.25. The molecule has 1 saturated heterocycles. The number of nitrogens with zero attached hydrogens (tertiary/aromatic N) is 1. The summed E-state index contributed by atoms with van der Waals surface area (Å²) in [5.74, 6) is 0.179. The van der Waals surface area contributed by atoms with Gasteiger partial charge in [0.05, 0.1) is 10.9 Å². The number of halogens is 1. The number of carbonyl (C=O) groups is 1. The summed E-state index contributed by atoms with van der Waals surface area (Å²) >= 11 is 5.88. The number of benzene rings is 2. The SMILES string of the molecule is C[C@@H](NC(=O)COc1ccc(S(=O)(=O)N2CCCCCC2)cc1)c1ccc(Cl)cc1. The summed E-state index contributed by atoms with van der Waals surface area (Å²) in [6.45, 7) is 2.85. The molecule has 0 aromatic heterocycles.